The predicted molar refractivity (Wildman–Crippen MR) is 71.6 cm³/mol. The lowest BCUT2D eigenvalue weighted by molar-refractivity contribution is 0.0578. The number of pyridine rings is 1. The molecule has 2 heterocycles. The molecule has 0 spiro atoms. The van der Waals surface area contributed by atoms with Gasteiger partial charge in [0.2, 0.25) is 0 Å². The van der Waals surface area contributed by atoms with Crippen molar-refractivity contribution in [2.24, 2.45) is 5.73 Å². The van der Waals surface area contributed by atoms with Crippen LogP contribution in [0, 0.1) is 0 Å². The molecule has 0 bridgehead atoms. The van der Waals surface area contributed by atoms with E-state index in [0.717, 1.165) is 25.8 Å². The first-order valence-corrected chi connectivity index (χ1v) is 6.65. The van der Waals surface area contributed by atoms with Crippen LogP contribution in [0.25, 0.3) is 0 Å². The Hall–Kier alpha value is -1.13. The Morgan fingerprint density at radius 3 is 2.94 bits per heavy atom. The molecule has 5 heteroatoms. The maximum absolute atomic E-state index is 12.4. The summed E-state index contributed by atoms with van der Waals surface area (Å²) in [6.45, 7) is 2.71. The monoisotopic (exact) mass is 267 g/mol. The Morgan fingerprint density at radius 2 is 2.33 bits per heavy atom. The van der Waals surface area contributed by atoms with Crippen LogP contribution in [-0.4, -0.2) is 34.4 Å². The highest BCUT2D eigenvalue weighted by molar-refractivity contribution is 6.30. The zero-order valence-electron chi connectivity index (χ0n) is 10.5. The standard InChI is InChI=1S/C13H18ClN3O/c1-9(15)12-4-2-3-7-17(12)13(18)11-6-5-10(14)8-16-11/h5-6,8-9,12H,2-4,7,15H2,1H3/t9-,12+/m0/s1. The minimum absolute atomic E-state index is 0.0125. The fourth-order valence-electron chi connectivity index (χ4n) is 2.41. The molecule has 2 atom stereocenters. The maximum Gasteiger partial charge on any atom is 0.272 e. The van der Waals surface area contributed by atoms with E-state index in [9.17, 15) is 4.79 Å². The van der Waals surface area contributed by atoms with E-state index in [1.54, 1.807) is 12.1 Å². The van der Waals surface area contributed by atoms with Gasteiger partial charge in [0.05, 0.1) is 5.02 Å². The Labute approximate surface area is 112 Å². The van der Waals surface area contributed by atoms with Gasteiger partial charge in [0, 0.05) is 24.8 Å². The third-order valence-electron chi connectivity index (χ3n) is 3.36. The Balaban J connectivity index is 2.18. The van der Waals surface area contributed by atoms with Crippen LogP contribution < -0.4 is 5.73 Å². The third-order valence-corrected chi connectivity index (χ3v) is 3.59. The van der Waals surface area contributed by atoms with Gasteiger partial charge in [-0.2, -0.15) is 0 Å². The van der Waals surface area contributed by atoms with E-state index in [2.05, 4.69) is 4.98 Å². The second kappa shape index (κ2) is 5.67. The summed E-state index contributed by atoms with van der Waals surface area (Å²) in [6.07, 6.45) is 4.63. The summed E-state index contributed by atoms with van der Waals surface area (Å²) in [5.74, 6) is -0.0475. The first kappa shape index (κ1) is 13.3. The van der Waals surface area contributed by atoms with Crippen LogP contribution in [0.4, 0.5) is 0 Å². The highest BCUT2D eigenvalue weighted by atomic mass is 35.5. The number of nitrogens with two attached hydrogens (primary N) is 1. The van der Waals surface area contributed by atoms with E-state index in [0.29, 0.717) is 10.7 Å². The van der Waals surface area contributed by atoms with Crippen molar-refractivity contribution in [1.29, 1.82) is 0 Å². The van der Waals surface area contributed by atoms with Crippen molar-refractivity contribution in [3.63, 3.8) is 0 Å². The molecule has 1 amide bonds. The fourth-order valence-corrected chi connectivity index (χ4v) is 2.52. The molecular weight excluding hydrogens is 250 g/mol. The lowest BCUT2D eigenvalue weighted by atomic mass is 9.96. The summed E-state index contributed by atoms with van der Waals surface area (Å²) in [6, 6.07) is 3.45. The number of halogens is 1. The Bertz CT molecular complexity index is 419. The first-order chi connectivity index (χ1) is 8.59. The van der Waals surface area contributed by atoms with Crippen LogP contribution in [-0.2, 0) is 0 Å². The molecule has 18 heavy (non-hydrogen) atoms. The van der Waals surface area contributed by atoms with Gasteiger partial charge in [-0.15, -0.1) is 0 Å². The summed E-state index contributed by atoms with van der Waals surface area (Å²) < 4.78 is 0. The maximum atomic E-state index is 12.4. The second-order valence-corrected chi connectivity index (χ2v) is 5.22. The number of aromatic nitrogens is 1. The van der Waals surface area contributed by atoms with Crippen LogP contribution in [0.1, 0.15) is 36.7 Å². The molecule has 1 fully saturated rings. The lowest BCUT2D eigenvalue weighted by Gasteiger charge is -2.37. The molecule has 98 valence electrons. The number of hydrogen-bond acceptors (Lipinski definition) is 3. The molecular formula is C13H18ClN3O. The van der Waals surface area contributed by atoms with Gasteiger partial charge >= 0.3 is 0 Å². The average Bonchev–Trinajstić information content (AvgIpc) is 2.39. The SMILES string of the molecule is C[C@H](N)[C@H]1CCCCN1C(=O)c1ccc(Cl)cn1. The molecule has 0 saturated carbocycles. The molecule has 1 aromatic rings. The first-order valence-electron chi connectivity index (χ1n) is 6.27. The van der Waals surface area contributed by atoms with Crippen LogP contribution in [0.2, 0.25) is 5.02 Å². The van der Waals surface area contributed by atoms with E-state index in [1.165, 1.54) is 6.20 Å². The number of amides is 1. The van der Waals surface area contributed by atoms with Gasteiger partial charge in [0.1, 0.15) is 5.69 Å². The molecule has 0 aliphatic carbocycles. The van der Waals surface area contributed by atoms with E-state index in [4.69, 9.17) is 17.3 Å². The van der Waals surface area contributed by atoms with Crippen LogP contribution in [0.15, 0.2) is 18.3 Å². The van der Waals surface area contributed by atoms with Gasteiger partial charge in [-0.3, -0.25) is 4.79 Å². The fraction of sp³-hybridized carbons (Fsp3) is 0.538. The number of carbonyl (C=O) groups excluding carboxylic acids is 1. The van der Waals surface area contributed by atoms with Crippen molar-refractivity contribution in [1.82, 2.24) is 9.88 Å². The largest absolute Gasteiger partial charge is 0.333 e. The average molecular weight is 268 g/mol. The number of rotatable bonds is 2. The van der Waals surface area contributed by atoms with Crippen LogP contribution >= 0.6 is 11.6 Å². The highest BCUT2D eigenvalue weighted by Gasteiger charge is 2.30. The number of piperidine rings is 1. The number of nitrogens with zero attached hydrogens (tertiary/aromatic N) is 2. The van der Waals surface area contributed by atoms with Crippen molar-refractivity contribution in [3.05, 3.63) is 29.0 Å². The van der Waals surface area contributed by atoms with Gasteiger partial charge < -0.3 is 10.6 Å². The van der Waals surface area contributed by atoms with Gasteiger partial charge in [0.25, 0.3) is 5.91 Å². The molecule has 1 aromatic heterocycles. The zero-order valence-corrected chi connectivity index (χ0v) is 11.2. The van der Waals surface area contributed by atoms with E-state index < -0.39 is 0 Å². The Kier molecular flexibility index (Phi) is 4.19. The van der Waals surface area contributed by atoms with Gasteiger partial charge in [-0.25, -0.2) is 4.98 Å². The molecule has 0 radical (unpaired) electrons. The lowest BCUT2D eigenvalue weighted by Crippen LogP contribution is -2.51. The van der Waals surface area contributed by atoms with E-state index in [1.807, 2.05) is 11.8 Å². The van der Waals surface area contributed by atoms with Crippen LogP contribution in [0.3, 0.4) is 0 Å². The minimum Gasteiger partial charge on any atom is -0.333 e. The molecule has 2 N–H and O–H groups in total. The summed E-state index contributed by atoms with van der Waals surface area (Å²) in [7, 11) is 0. The highest BCUT2D eigenvalue weighted by Crippen LogP contribution is 2.21. The number of carbonyl (C=O) groups is 1. The summed E-state index contributed by atoms with van der Waals surface area (Å²) >= 11 is 5.77. The molecule has 0 unspecified atom stereocenters. The molecule has 1 saturated heterocycles. The van der Waals surface area contributed by atoms with Gasteiger partial charge in [-0.1, -0.05) is 11.6 Å². The third kappa shape index (κ3) is 2.82. The van der Waals surface area contributed by atoms with Crippen molar-refractivity contribution in [2.45, 2.75) is 38.3 Å². The summed E-state index contributed by atoms with van der Waals surface area (Å²) in [4.78, 5) is 18.3. The van der Waals surface area contributed by atoms with Gasteiger partial charge in [-0.05, 0) is 38.3 Å². The topological polar surface area (TPSA) is 59.2 Å². The minimum atomic E-state index is -0.0475. The molecule has 0 aromatic carbocycles. The van der Waals surface area contributed by atoms with Crippen molar-refractivity contribution < 1.29 is 4.79 Å². The molecule has 1 aliphatic rings. The number of hydrogen-bond donors (Lipinski definition) is 1. The van der Waals surface area contributed by atoms with Crippen molar-refractivity contribution >= 4 is 17.5 Å². The normalized spacial score (nSPS) is 21.7. The number of likely N-dealkylation sites (tertiary alicyclic amines) is 1. The zero-order chi connectivity index (χ0) is 13.1. The molecule has 1 aliphatic heterocycles. The Morgan fingerprint density at radius 1 is 1.56 bits per heavy atom. The predicted octanol–water partition coefficient (Wildman–Crippen LogP) is 2.08. The smallest absolute Gasteiger partial charge is 0.272 e. The van der Waals surface area contributed by atoms with Crippen LogP contribution in [0.5, 0.6) is 0 Å². The summed E-state index contributed by atoms with van der Waals surface area (Å²) in [5, 5.41) is 0.536. The second-order valence-electron chi connectivity index (χ2n) is 4.78. The molecule has 4 nitrogen and oxygen atoms in total. The van der Waals surface area contributed by atoms with E-state index >= 15 is 0 Å². The van der Waals surface area contributed by atoms with Crippen molar-refractivity contribution in [2.75, 3.05) is 6.54 Å². The molecule has 2 rings (SSSR count). The quantitative estimate of drug-likeness (QED) is 0.892. The van der Waals surface area contributed by atoms with Gasteiger partial charge in [0.15, 0.2) is 0 Å². The summed E-state index contributed by atoms with van der Waals surface area (Å²) in [5.41, 5.74) is 6.40. The van der Waals surface area contributed by atoms with E-state index in [-0.39, 0.29) is 18.0 Å². The van der Waals surface area contributed by atoms with Crippen molar-refractivity contribution in [3.8, 4) is 0 Å².